The first-order valence-corrected chi connectivity index (χ1v) is 10.8. The molecule has 1 fully saturated rings. The number of anilines is 1. The molecular weight excluding hydrogens is 490 g/mol. The molecule has 0 saturated carbocycles. The molecule has 1 aliphatic heterocycles. The van der Waals surface area contributed by atoms with Crippen molar-refractivity contribution in [2.45, 2.75) is 13.8 Å². The van der Waals surface area contributed by atoms with Crippen molar-refractivity contribution in [1.82, 2.24) is 10.2 Å². The number of imide groups is 1. The normalized spacial score (nSPS) is 14.1. The standard InChI is InChI=1S/C24H22BrN3O5/c1-4-9-33-22-18(25)11-16(13-20(22)32-5-2)12-19-23(30)28(24(31)27-19)14-21(29)26-17-8-6-7-15(3)10-17/h1,6-8,10-13H,5,9,14H2,2-3H3,(H,26,29)(H,27,31)/b19-12+. The summed E-state index contributed by atoms with van der Waals surface area (Å²) < 4.78 is 11.7. The third-order valence-corrected chi connectivity index (χ3v) is 5.10. The highest BCUT2D eigenvalue weighted by Gasteiger charge is 2.35. The summed E-state index contributed by atoms with van der Waals surface area (Å²) in [6, 6.07) is 9.91. The van der Waals surface area contributed by atoms with Gasteiger partial charge in [-0.2, -0.15) is 0 Å². The summed E-state index contributed by atoms with van der Waals surface area (Å²) in [5, 5.41) is 5.19. The molecule has 4 amide bonds. The maximum atomic E-state index is 12.8. The molecule has 0 atom stereocenters. The van der Waals surface area contributed by atoms with Gasteiger partial charge >= 0.3 is 6.03 Å². The van der Waals surface area contributed by atoms with E-state index in [9.17, 15) is 14.4 Å². The van der Waals surface area contributed by atoms with Crippen LogP contribution in [0.2, 0.25) is 0 Å². The van der Waals surface area contributed by atoms with Crippen LogP contribution in [0.25, 0.3) is 6.08 Å². The molecule has 1 heterocycles. The predicted molar refractivity (Wildman–Crippen MR) is 128 cm³/mol. The van der Waals surface area contributed by atoms with Gasteiger partial charge in [-0.15, -0.1) is 6.42 Å². The van der Waals surface area contributed by atoms with Crippen LogP contribution in [-0.2, 0) is 9.59 Å². The minimum atomic E-state index is -0.677. The van der Waals surface area contributed by atoms with E-state index in [-0.39, 0.29) is 12.3 Å². The maximum absolute atomic E-state index is 12.8. The number of amides is 4. The Labute approximate surface area is 200 Å². The Morgan fingerprint density at radius 3 is 2.76 bits per heavy atom. The van der Waals surface area contributed by atoms with Crippen molar-refractivity contribution in [3.8, 4) is 23.8 Å². The van der Waals surface area contributed by atoms with Crippen LogP contribution >= 0.6 is 15.9 Å². The number of hydrogen-bond acceptors (Lipinski definition) is 5. The van der Waals surface area contributed by atoms with E-state index in [0.29, 0.717) is 33.8 Å². The van der Waals surface area contributed by atoms with Crippen LogP contribution in [0.5, 0.6) is 11.5 Å². The number of rotatable bonds is 8. The minimum Gasteiger partial charge on any atom is -0.490 e. The summed E-state index contributed by atoms with van der Waals surface area (Å²) in [5.74, 6) is 2.17. The van der Waals surface area contributed by atoms with Gasteiger partial charge in [-0.25, -0.2) is 9.69 Å². The molecule has 3 rings (SSSR count). The Morgan fingerprint density at radius 1 is 1.27 bits per heavy atom. The molecule has 33 heavy (non-hydrogen) atoms. The summed E-state index contributed by atoms with van der Waals surface area (Å²) >= 11 is 3.42. The fraction of sp³-hybridized carbons (Fsp3) is 0.208. The third-order valence-electron chi connectivity index (χ3n) is 4.51. The van der Waals surface area contributed by atoms with Gasteiger partial charge in [-0.3, -0.25) is 9.59 Å². The predicted octanol–water partition coefficient (Wildman–Crippen LogP) is 3.70. The molecule has 0 spiro atoms. The monoisotopic (exact) mass is 511 g/mol. The Morgan fingerprint density at radius 2 is 2.06 bits per heavy atom. The van der Waals surface area contributed by atoms with Crippen LogP contribution in [0.15, 0.2) is 46.6 Å². The van der Waals surface area contributed by atoms with Crippen LogP contribution in [0.4, 0.5) is 10.5 Å². The summed E-state index contributed by atoms with van der Waals surface area (Å²) in [4.78, 5) is 38.3. The molecule has 8 nitrogen and oxygen atoms in total. The Bertz CT molecular complexity index is 1170. The number of carbonyl (C=O) groups is 3. The van der Waals surface area contributed by atoms with Gasteiger partial charge < -0.3 is 20.1 Å². The zero-order valence-corrected chi connectivity index (χ0v) is 19.7. The molecule has 2 N–H and O–H groups in total. The lowest BCUT2D eigenvalue weighted by Gasteiger charge is -2.13. The molecule has 0 bridgehead atoms. The second kappa shape index (κ2) is 10.7. The van der Waals surface area contributed by atoms with Crippen LogP contribution in [0, 0.1) is 19.3 Å². The summed E-state index contributed by atoms with van der Waals surface area (Å²) in [6.07, 6.45) is 6.76. The van der Waals surface area contributed by atoms with Crippen LogP contribution in [0.3, 0.4) is 0 Å². The number of hydrogen-bond donors (Lipinski definition) is 2. The molecule has 1 saturated heterocycles. The van der Waals surface area contributed by atoms with Gasteiger partial charge in [0.2, 0.25) is 5.91 Å². The highest BCUT2D eigenvalue weighted by atomic mass is 79.9. The number of nitrogens with one attached hydrogen (secondary N) is 2. The quantitative estimate of drug-likeness (QED) is 0.320. The molecule has 2 aromatic carbocycles. The number of urea groups is 1. The van der Waals surface area contributed by atoms with E-state index >= 15 is 0 Å². The number of nitrogens with zero attached hydrogens (tertiary/aromatic N) is 1. The van der Waals surface area contributed by atoms with E-state index in [4.69, 9.17) is 15.9 Å². The lowest BCUT2D eigenvalue weighted by Crippen LogP contribution is -2.38. The second-order valence-corrected chi connectivity index (χ2v) is 7.91. The average molecular weight is 512 g/mol. The van der Waals surface area contributed by atoms with E-state index in [1.165, 1.54) is 6.08 Å². The van der Waals surface area contributed by atoms with Gasteiger partial charge in [0.25, 0.3) is 5.91 Å². The highest BCUT2D eigenvalue weighted by Crippen LogP contribution is 2.37. The lowest BCUT2D eigenvalue weighted by molar-refractivity contribution is -0.127. The van der Waals surface area contributed by atoms with E-state index in [1.807, 2.05) is 19.9 Å². The number of halogens is 1. The molecular formula is C24H22BrN3O5. The number of carbonyl (C=O) groups excluding carboxylic acids is 3. The molecule has 0 unspecified atom stereocenters. The van der Waals surface area contributed by atoms with Gasteiger partial charge in [0.1, 0.15) is 18.8 Å². The van der Waals surface area contributed by atoms with E-state index < -0.39 is 24.4 Å². The number of ether oxygens (including phenoxy) is 2. The number of aryl methyl sites for hydroxylation is 1. The van der Waals surface area contributed by atoms with Crippen LogP contribution in [-0.4, -0.2) is 42.5 Å². The number of terminal acetylenes is 1. The third kappa shape index (κ3) is 5.93. The molecule has 1 aliphatic rings. The Balaban J connectivity index is 1.77. The molecule has 0 aliphatic carbocycles. The molecule has 0 radical (unpaired) electrons. The molecule has 2 aromatic rings. The van der Waals surface area contributed by atoms with Crippen molar-refractivity contribution < 1.29 is 23.9 Å². The van der Waals surface area contributed by atoms with E-state index in [0.717, 1.165) is 10.5 Å². The molecule has 9 heteroatoms. The smallest absolute Gasteiger partial charge is 0.329 e. The highest BCUT2D eigenvalue weighted by molar-refractivity contribution is 9.10. The molecule has 170 valence electrons. The van der Waals surface area contributed by atoms with Gasteiger partial charge in [0, 0.05) is 5.69 Å². The minimum absolute atomic E-state index is 0.0370. The van der Waals surface area contributed by atoms with Gasteiger partial charge in [-0.1, -0.05) is 18.1 Å². The Hall–Kier alpha value is -3.77. The van der Waals surface area contributed by atoms with Crippen molar-refractivity contribution in [3.63, 3.8) is 0 Å². The zero-order valence-electron chi connectivity index (χ0n) is 18.1. The SMILES string of the molecule is C#CCOc1c(Br)cc(/C=C2/NC(=O)N(CC(=O)Nc3cccc(C)c3)C2=O)cc1OCC. The van der Waals surface area contributed by atoms with Crippen molar-refractivity contribution in [2.75, 3.05) is 25.1 Å². The Kier molecular flexibility index (Phi) is 7.74. The van der Waals surface area contributed by atoms with Crippen LogP contribution < -0.4 is 20.1 Å². The maximum Gasteiger partial charge on any atom is 0.329 e. The van der Waals surface area contributed by atoms with Crippen molar-refractivity contribution in [2.24, 2.45) is 0 Å². The first-order chi connectivity index (χ1) is 15.8. The largest absolute Gasteiger partial charge is 0.490 e. The number of benzene rings is 2. The van der Waals surface area contributed by atoms with Gasteiger partial charge in [0.15, 0.2) is 11.5 Å². The van der Waals surface area contributed by atoms with Crippen molar-refractivity contribution in [3.05, 3.63) is 57.7 Å². The average Bonchev–Trinajstić information content (AvgIpc) is 3.00. The first kappa shape index (κ1) is 23.9. The van der Waals surface area contributed by atoms with Gasteiger partial charge in [0.05, 0.1) is 11.1 Å². The first-order valence-electron chi connectivity index (χ1n) is 10.1. The van der Waals surface area contributed by atoms with Crippen LogP contribution in [0.1, 0.15) is 18.1 Å². The second-order valence-electron chi connectivity index (χ2n) is 7.05. The fourth-order valence-corrected chi connectivity index (χ4v) is 3.71. The summed E-state index contributed by atoms with van der Waals surface area (Å²) in [7, 11) is 0. The summed E-state index contributed by atoms with van der Waals surface area (Å²) in [5.41, 5.74) is 2.17. The lowest BCUT2D eigenvalue weighted by atomic mass is 10.1. The topological polar surface area (TPSA) is 97.0 Å². The van der Waals surface area contributed by atoms with E-state index in [2.05, 4.69) is 32.5 Å². The van der Waals surface area contributed by atoms with Gasteiger partial charge in [-0.05, 0) is 71.2 Å². The molecule has 0 aromatic heterocycles. The van der Waals surface area contributed by atoms with E-state index in [1.54, 1.807) is 30.3 Å². The fourth-order valence-electron chi connectivity index (χ4n) is 3.14. The van der Waals surface area contributed by atoms with Crippen molar-refractivity contribution in [1.29, 1.82) is 0 Å². The van der Waals surface area contributed by atoms with Crippen molar-refractivity contribution >= 4 is 45.5 Å². The zero-order chi connectivity index (χ0) is 24.0. The summed E-state index contributed by atoms with van der Waals surface area (Å²) in [6.45, 7) is 3.76.